The predicted molar refractivity (Wildman–Crippen MR) is 62.6 cm³/mol. The quantitative estimate of drug-likeness (QED) is 0.877. The molecule has 0 unspecified atom stereocenters. The molecule has 1 heterocycles. The van der Waals surface area contributed by atoms with E-state index >= 15 is 0 Å². The number of rotatable bonds is 3. The molecule has 0 saturated carbocycles. The second-order valence-electron chi connectivity index (χ2n) is 3.50. The minimum Gasteiger partial charge on any atom is -0.477 e. The van der Waals surface area contributed by atoms with Gasteiger partial charge in [0.2, 0.25) is 5.88 Å². The third-order valence-electron chi connectivity index (χ3n) is 2.11. The average molecular weight is 286 g/mol. The molecule has 1 aromatic heterocycles. The number of carbonyl (C=O) groups is 1. The predicted octanol–water partition coefficient (Wildman–Crippen LogP) is 3.50. The first kappa shape index (κ1) is 13.2. The average Bonchev–Trinajstić information content (AvgIpc) is 2.26. The number of halogens is 3. The summed E-state index contributed by atoms with van der Waals surface area (Å²) in [6, 6.07) is 4.91. The molecule has 2 aromatic rings. The number of carboxylic acids is 1. The Labute approximate surface area is 111 Å². The van der Waals surface area contributed by atoms with Crippen LogP contribution in [0.15, 0.2) is 30.3 Å². The van der Waals surface area contributed by atoms with Crippen LogP contribution in [-0.4, -0.2) is 16.1 Å². The van der Waals surface area contributed by atoms with Gasteiger partial charge in [0.25, 0.3) is 0 Å². The number of nitrogens with zero attached hydrogens (tertiary/aromatic N) is 1. The third kappa shape index (κ3) is 3.17. The molecule has 4 nitrogen and oxygen atoms in total. The monoisotopic (exact) mass is 285 g/mol. The highest BCUT2D eigenvalue weighted by molar-refractivity contribution is 6.29. The number of pyridine rings is 1. The smallest absolute Gasteiger partial charge is 0.341 e. The molecule has 19 heavy (non-hydrogen) atoms. The maximum absolute atomic E-state index is 13.0. The third-order valence-corrected chi connectivity index (χ3v) is 2.32. The summed E-state index contributed by atoms with van der Waals surface area (Å²) in [6.07, 6.45) is 0. The maximum atomic E-state index is 13.0. The van der Waals surface area contributed by atoms with Gasteiger partial charge in [0, 0.05) is 18.2 Å². The number of carboxylic acid groups (broad SMARTS) is 1. The van der Waals surface area contributed by atoms with Gasteiger partial charge in [-0.15, -0.1) is 0 Å². The van der Waals surface area contributed by atoms with Crippen molar-refractivity contribution in [2.75, 3.05) is 0 Å². The minimum absolute atomic E-state index is 0.00289. The van der Waals surface area contributed by atoms with Gasteiger partial charge in [-0.3, -0.25) is 0 Å². The van der Waals surface area contributed by atoms with Gasteiger partial charge in [-0.2, -0.15) is 0 Å². The number of ether oxygens (including phenoxy) is 1. The molecule has 0 aliphatic rings. The molecule has 2 rings (SSSR count). The summed E-state index contributed by atoms with van der Waals surface area (Å²) in [5, 5.41) is 8.93. The Bertz CT molecular complexity index is 629. The van der Waals surface area contributed by atoms with E-state index in [2.05, 4.69) is 4.98 Å². The first-order valence-corrected chi connectivity index (χ1v) is 5.37. The lowest BCUT2D eigenvalue weighted by atomic mass is 10.2. The Morgan fingerprint density at radius 2 is 1.84 bits per heavy atom. The summed E-state index contributed by atoms with van der Waals surface area (Å²) in [7, 11) is 0. The van der Waals surface area contributed by atoms with Crippen LogP contribution in [0.2, 0.25) is 5.15 Å². The van der Waals surface area contributed by atoms with Crippen LogP contribution < -0.4 is 4.74 Å². The Kier molecular flexibility index (Phi) is 3.62. The van der Waals surface area contributed by atoms with E-state index in [0.29, 0.717) is 6.07 Å². The molecule has 0 aliphatic heterocycles. The summed E-state index contributed by atoms with van der Waals surface area (Å²) in [4.78, 5) is 14.6. The van der Waals surface area contributed by atoms with Crippen LogP contribution in [0, 0.1) is 11.6 Å². The van der Waals surface area contributed by atoms with Crippen molar-refractivity contribution in [2.45, 2.75) is 0 Å². The molecule has 7 heteroatoms. The van der Waals surface area contributed by atoms with Crippen molar-refractivity contribution in [1.82, 2.24) is 4.98 Å². The van der Waals surface area contributed by atoms with Gasteiger partial charge in [-0.25, -0.2) is 18.6 Å². The van der Waals surface area contributed by atoms with Gasteiger partial charge in [0.05, 0.1) is 0 Å². The van der Waals surface area contributed by atoms with Crippen molar-refractivity contribution in [2.24, 2.45) is 0 Å². The fraction of sp³-hybridized carbons (Fsp3) is 0. The molecule has 1 aromatic carbocycles. The highest BCUT2D eigenvalue weighted by Crippen LogP contribution is 2.26. The van der Waals surface area contributed by atoms with Crippen LogP contribution in [0.5, 0.6) is 11.6 Å². The van der Waals surface area contributed by atoms with E-state index in [9.17, 15) is 13.6 Å². The number of aromatic nitrogens is 1. The molecular weight excluding hydrogens is 280 g/mol. The van der Waals surface area contributed by atoms with Gasteiger partial charge >= 0.3 is 5.97 Å². The number of hydrogen-bond donors (Lipinski definition) is 1. The fourth-order valence-corrected chi connectivity index (χ4v) is 1.50. The van der Waals surface area contributed by atoms with Crippen LogP contribution in [0.3, 0.4) is 0 Å². The number of aromatic carboxylic acids is 1. The summed E-state index contributed by atoms with van der Waals surface area (Å²) in [5.41, 5.74) is -0.269. The lowest BCUT2D eigenvalue weighted by molar-refractivity contribution is 0.0693. The first-order valence-electron chi connectivity index (χ1n) is 4.99. The zero-order valence-corrected chi connectivity index (χ0v) is 9.99. The molecule has 98 valence electrons. The van der Waals surface area contributed by atoms with Gasteiger partial charge in [0.15, 0.2) is 0 Å². The van der Waals surface area contributed by atoms with Crippen molar-refractivity contribution >= 4 is 17.6 Å². The topological polar surface area (TPSA) is 59.4 Å². The standard InChI is InChI=1S/C12H6ClF2NO3/c13-10-2-1-9(12(17)18)11(16-10)19-8-4-6(14)3-7(15)5-8/h1-5H,(H,17,18). The fourth-order valence-electron chi connectivity index (χ4n) is 1.36. The van der Waals surface area contributed by atoms with Crippen molar-refractivity contribution < 1.29 is 23.4 Å². The normalized spacial score (nSPS) is 10.3. The Morgan fingerprint density at radius 3 is 2.42 bits per heavy atom. The zero-order chi connectivity index (χ0) is 14.0. The van der Waals surface area contributed by atoms with E-state index in [-0.39, 0.29) is 22.3 Å². The van der Waals surface area contributed by atoms with Crippen LogP contribution in [0.4, 0.5) is 8.78 Å². The van der Waals surface area contributed by atoms with Crippen molar-refractivity contribution in [3.05, 3.63) is 52.7 Å². The summed E-state index contributed by atoms with van der Waals surface area (Å²) < 4.78 is 31.0. The van der Waals surface area contributed by atoms with E-state index in [0.717, 1.165) is 12.1 Å². The lowest BCUT2D eigenvalue weighted by Crippen LogP contribution is -2.02. The van der Waals surface area contributed by atoms with Crippen LogP contribution in [0.1, 0.15) is 10.4 Å². The number of hydrogen-bond acceptors (Lipinski definition) is 3. The Morgan fingerprint density at radius 1 is 1.21 bits per heavy atom. The second kappa shape index (κ2) is 5.19. The number of benzene rings is 1. The minimum atomic E-state index is -1.30. The van der Waals surface area contributed by atoms with E-state index in [1.807, 2.05) is 0 Å². The Hall–Kier alpha value is -2.21. The highest BCUT2D eigenvalue weighted by atomic mass is 35.5. The van der Waals surface area contributed by atoms with Crippen LogP contribution in [0.25, 0.3) is 0 Å². The van der Waals surface area contributed by atoms with Crippen LogP contribution >= 0.6 is 11.6 Å². The molecule has 0 bridgehead atoms. The summed E-state index contributed by atoms with van der Waals surface area (Å²) in [5.74, 6) is -3.56. The molecule has 0 saturated heterocycles. The highest BCUT2D eigenvalue weighted by Gasteiger charge is 2.15. The van der Waals surface area contributed by atoms with Crippen LogP contribution in [-0.2, 0) is 0 Å². The lowest BCUT2D eigenvalue weighted by Gasteiger charge is -2.08. The molecule has 0 amide bonds. The van der Waals surface area contributed by atoms with E-state index in [4.69, 9.17) is 21.4 Å². The molecule has 0 spiro atoms. The SMILES string of the molecule is O=C(O)c1ccc(Cl)nc1Oc1cc(F)cc(F)c1. The van der Waals surface area contributed by atoms with Gasteiger partial charge < -0.3 is 9.84 Å². The van der Waals surface area contributed by atoms with Gasteiger partial charge in [0.1, 0.15) is 28.1 Å². The van der Waals surface area contributed by atoms with Crippen molar-refractivity contribution in [3.8, 4) is 11.6 Å². The Balaban J connectivity index is 2.42. The molecule has 0 fully saturated rings. The largest absolute Gasteiger partial charge is 0.477 e. The van der Waals surface area contributed by atoms with Gasteiger partial charge in [-0.1, -0.05) is 11.6 Å². The van der Waals surface area contributed by atoms with E-state index < -0.39 is 17.6 Å². The first-order chi connectivity index (χ1) is 8.95. The molecule has 0 atom stereocenters. The molecular formula is C12H6ClF2NO3. The van der Waals surface area contributed by atoms with Crippen molar-refractivity contribution in [1.29, 1.82) is 0 Å². The molecule has 1 N–H and O–H groups in total. The van der Waals surface area contributed by atoms with E-state index in [1.165, 1.54) is 12.1 Å². The molecule has 0 radical (unpaired) electrons. The zero-order valence-electron chi connectivity index (χ0n) is 9.23. The maximum Gasteiger partial charge on any atom is 0.341 e. The van der Waals surface area contributed by atoms with Crippen molar-refractivity contribution in [3.63, 3.8) is 0 Å². The summed E-state index contributed by atoms with van der Waals surface area (Å²) >= 11 is 5.62. The molecule has 0 aliphatic carbocycles. The van der Waals surface area contributed by atoms with E-state index in [1.54, 1.807) is 0 Å². The van der Waals surface area contributed by atoms with Gasteiger partial charge in [-0.05, 0) is 12.1 Å². The second-order valence-corrected chi connectivity index (χ2v) is 3.89. The summed E-state index contributed by atoms with van der Waals surface area (Å²) in [6.45, 7) is 0.